The van der Waals surface area contributed by atoms with Crippen LogP contribution in [0.5, 0.6) is 5.75 Å². The Bertz CT molecular complexity index is 796. The van der Waals surface area contributed by atoms with Crippen molar-refractivity contribution in [1.82, 2.24) is 4.57 Å². The van der Waals surface area contributed by atoms with E-state index in [-0.39, 0.29) is 5.69 Å². The zero-order valence-corrected chi connectivity index (χ0v) is 12.8. The van der Waals surface area contributed by atoms with E-state index in [1.807, 2.05) is 19.1 Å². The van der Waals surface area contributed by atoms with Crippen molar-refractivity contribution < 1.29 is 14.6 Å². The molecule has 3 rings (SSSR count). The molecule has 1 aliphatic rings. The van der Waals surface area contributed by atoms with Gasteiger partial charge in [-0.25, -0.2) is 4.79 Å². The molecule has 1 N–H and O–H groups in total. The molecule has 2 aromatic rings. The number of carboxylic acids is 1. The molecule has 1 aromatic heterocycles. The lowest BCUT2D eigenvalue weighted by Gasteiger charge is -2.12. The maximum Gasteiger partial charge on any atom is 0.352 e. The van der Waals surface area contributed by atoms with E-state index < -0.39 is 5.97 Å². The third-order valence-electron chi connectivity index (χ3n) is 4.06. The summed E-state index contributed by atoms with van der Waals surface area (Å²) in [4.78, 5) is 11.3. The van der Waals surface area contributed by atoms with Gasteiger partial charge in [0.25, 0.3) is 0 Å². The summed E-state index contributed by atoms with van der Waals surface area (Å²) in [5.41, 5.74) is 3.30. The highest BCUT2D eigenvalue weighted by atomic mass is 16.5. The third kappa shape index (κ3) is 2.52. The van der Waals surface area contributed by atoms with Gasteiger partial charge in [0.15, 0.2) is 0 Å². The van der Waals surface area contributed by atoms with Crippen molar-refractivity contribution >= 4 is 16.9 Å². The Hall–Kier alpha value is -2.49. The standard InChI is InChI=1S/C18H19NO3/c1-12-8-9-16(22-11-13-6-4-3-5-7-13)17-14(12)10-15(18(20)21)19(17)2/h4,6-10H,3,5,11H2,1-2H3,(H,20,21). The number of hydrogen-bond donors (Lipinski definition) is 1. The first-order valence-corrected chi connectivity index (χ1v) is 7.38. The number of hydrogen-bond acceptors (Lipinski definition) is 2. The Morgan fingerprint density at radius 2 is 2.18 bits per heavy atom. The second-order valence-corrected chi connectivity index (χ2v) is 5.58. The summed E-state index contributed by atoms with van der Waals surface area (Å²) in [5.74, 6) is -0.211. The number of fused-ring (bicyclic) bond motifs is 1. The first kappa shape index (κ1) is 14.4. The molecule has 1 aromatic carbocycles. The van der Waals surface area contributed by atoms with Gasteiger partial charge in [-0.2, -0.15) is 0 Å². The minimum absolute atomic E-state index is 0.269. The van der Waals surface area contributed by atoms with Gasteiger partial charge in [0.05, 0.1) is 5.52 Å². The Kier molecular flexibility index (Phi) is 3.75. The second kappa shape index (κ2) is 5.72. The summed E-state index contributed by atoms with van der Waals surface area (Å²) < 4.78 is 7.64. The highest BCUT2D eigenvalue weighted by Crippen LogP contribution is 2.31. The lowest BCUT2D eigenvalue weighted by Crippen LogP contribution is -2.06. The van der Waals surface area contributed by atoms with Crippen LogP contribution >= 0.6 is 0 Å². The summed E-state index contributed by atoms with van der Waals surface area (Å²) >= 11 is 0. The van der Waals surface area contributed by atoms with Crippen LogP contribution in [0.1, 0.15) is 28.9 Å². The molecule has 0 radical (unpaired) electrons. The average molecular weight is 297 g/mol. The first-order chi connectivity index (χ1) is 10.6. The molecule has 0 aliphatic heterocycles. The van der Waals surface area contributed by atoms with Gasteiger partial charge in [-0.05, 0) is 43.0 Å². The van der Waals surface area contributed by atoms with Crippen molar-refractivity contribution in [2.24, 2.45) is 7.05 Å². The molecule has 4 heteroatoms. The SMILES string of the molecule is Cc1ccc(OCC2=CCCC=C2)c2c1cc(C(=O)O)n2C. The largest absolute Gasteiger partial charge is 0.487 e. The molecule has 0 saturated heterocycles. The highest BCUT2D eigenvalue weighted by Gasteiger charge is 2.17. The van der Waals surface area contributed by atoms with E-state index in [0.29, 0.717) is 6.61 Å². The number of carbonyl (C=O) groups is 1. The summed E-state index contributed by atoms with van der Waals surface area (Å²) in [6.07, 6.45) is 8.54. The Labute approximate surface area is 129 Å². The van der Waals surface area contributed by atoms with Gasteiger partial charge in [0.2, 0.25) is 0 Å². The number of rotatable bonds is 4. The zero-order valence-electron chi connectivity index (χ0n) is 12.8. The Morgan fingerprint density at radius 3 is 2.86 bits per heavy atom. The normalized spacial score (nSPS) is 14.2. The summed E-state index contributed by atoms with van der Waals surface area (Å²) in [7, 11) is 1.76. The van der Waals surface area contributed by atoms with Crippen molar-refractivity contribution in [3.63, 3.8) is 0 Å². The maximum atomic E-state index is 11.3. The fraction of sp³-hybridized carbons (Fsp3) is 0.278. The van der Waals surface area contributed by atoms with Crippen LogP contribution in [0.2, 0.25) is 0 Å². The van der Waals surface area contributed by atoms with Gasteiger partial charge >= 0.3 is 5.97 Å². The minimum atomic E-state index is -0.929. The Morgan fingerprint density at radius 1 is 1.36 bits per heavy atom. The van der Waals surface area contributed by atoms with Gasteiger partial charge in [0, 0.05) is 12.4 Å². The number of benzene rings is 1. The van der Waals surface area contributed by atoms with E-state index >= 15 is 0 Å². The van der Waals surface area contributed by atoms with E-state index in [0.717, 1.165) is 40.6 Å². The van der Waals surface area contributed by atoms with Crippen LogP contribution in [-0.2, 0) is 7.05 Å². The van der Waals surface area contributed by atoms with Gasteiger partial charge < -0.3 is 14.4 Å². The van der Waals surface area contributed by atoms with Crippen LogP contribution in [0.15, 0.2) is 42.0 Å². The molecule has 0 spiro atoms. The van der Waals surface area contributed by atoms with E-state index in [1.165, 1.54) is 0 Å². The zero-order chi connectivity index (χ0) is 15.7. The second-order valence-electron chi connectivity index (χ2n) is 5.58. The number of aryl methyl sites for hydroxylation is 2. The topological polar surface area (TPSA) is 51.5 Å². The van der Waals surface area contributed by atoms with Crippen molar-refractivity contribution in [2.75, 3.05) is 6.61 Å². The van der Waals surface area contributed by atoms with Crippen LogP contribution in [0, 0.1) is 6.92 Å². The molecule has 22 heavy (non-hydrogen) atoms. The average Bonchev–Trinajstić information content (AvgIpc) is 2.87. The molecule has 0 fully saturated rings. The molecular formula is C18H19NO3. The van der Waals surface area contributed by atoms with E-state index in [9.17, 15) is 9.90 Å². The molecule has 0 bridgehead atoms. The number of allylic oxidation sites excluding steroid dienone is 2. The predicted octanol–water partition coefficient (Wildman–Crippen LogP) is 3.84. The maximum absolute atomic E-state index is 11.3. The van der Waals surface area contributed by atoms with Crippen LogP contribution in [0.4, 0.5) is 0 Å². The quantitative estimate of drug-likeness (QED) is 0.932. The van der Waals surface area contributed by atoms with Crippen molar-refractivity contribution in [2.45, 2.75) is 19.8 Å². The predicted molar refractivity (Wildman–Crippen MR) is 86.6 cm³/mol. The summed E-state index contributed by atoms with van der Waals surface area (Å²) in [6.45, 7) is 2.48. The number of aromatic nitrogens is 1. The molecule has 114 valence electrons. The minimum Gasteiger partial charge on any atom is -0.487 e. The van der Waals surface area contributed by atoms with Crippen LogP contribution in [-0.4, -0.2) is 22.2 Å². The van der Waals surface area contributed by atoms with E-state index in [1.54, 1.807) is 17.7 Å². The lowest BCUT2D eigenvalue weighted by atomic mass is 10.1. The van der Waals surface area contributed by atoms with Crippen LogP contribution in [0.3, 0.4) is 0 Å². The number of nitrogens with zero attached hydrogens (tertiary/aromatic N) is 1. The van der Waals surface area contributed by atoms with Crippen molar-refractivity contribution in [3.8, 4) is 5.75 Å². The molecule has 0 amide bonds. The smallest absolute Gasteiger partial charge is 0.352 e. The van der Waals surface area contributed by atoms with Crippen molar-refractivity contribution in [1.29, 1.82) is 0 Å². The van der Waals surface area contributed by atoms with Gasteiger partial charge in [-0.15, -0.1) is 0 Å². The molecular weight excluding hydrogens is 278 g/mol. The monoisotopic (exact) mass is 297 g/mol. The third-order valence-corrected chi connectivity index (χ3v) is 4.06. The fourth-order valence-electron chi connectivity index (χ4n) is 2.83. The summed E-state index contributed by atoms with van der Waals surface area (Å²) in [6, 6.07) is 5.59. The van der Waals surface area contributed by atoms with E-state index in [4.69, 9.17) is 4.74 Å². The van der Waals surface area contributed by atoms with Crippen LogP contribution in [0.25, 0.3) is 10.9 Å². The van der Waals surface area contributed by atoms with Gasteiger partial charge in [-0.1, -0.05) is 24.3 Å². The van der Waals surface area contributed by atoms with Gasteiger partial charge in [-0.3, -0.25) is 0 Å². The number of aromatic carboxylic acids is 1. The highest BCUT2D eigenvalue weighted by molar-refractivity contribution is 5.98. The molecule has 4 nitrogen and oxygen atoms in total. The summed E-state index contributed by atoms with van der Waals surface area (Å²) in [5, 5.41) is 10.2. The lowest BCUT2D eigenvalue weighted by molar-refractivity contribution is 0.0687. The first-order valence-electron chi connectivity index (χ1n) is 7.38. The van der Waals surface area contributed by atoms with Crippen molar-refractivity contribution in [3.05, 3.63) is 53.3 Å². The molecule has 1 aliphatic carbocycles. The molecule has 0 atom stereocenters. The molecule has 1 heterocycles. The fourth-order valence-corrected chi connectivity index (χ4v) is 2.83. The van der Waals surface area contributed by atoms with Crippen LogP contribution < -0.4 is 4.74 Å². The van der Waals surface area contributed by atoms with Gasteiger partial charge in [0.1, 0.15) is 18.1 Å². The number of ether oxygens (including phenoxy) is 1. The van der Waals surface area contributed by atoms with E-state index in [2.05, 4.69) is 18.2 Å². The number of carboxylic acid groups (broad SMARTS) is 1. The molecule has 0 unspecified atom stereocenters. The molecule has 0 saturated carbocycles. The Balaban J connectivity index is 1.99.